The summed E-state index contributed by atoms with van der Waals surface area (Å²) in [6, 6.07) is 9.29. The van der Waals surface area contributed by atoms with Gasteiger partial charge < -0.3 is 14.7 Å². The number of amides is 1. The van der Waals surface area contributed by atoms with Gasteiger partial charge in [-0.3, -0.25) is 4.79 Å². The van der Waals surface area contributed by atoms with Crippen LogP contribution in [0.2, 0.25) is 0 Å². The van der Waals surface area contributed by atoms with Crippen molar-refractivity contribution in [1.82, 2.24) is 4.98 Å². The largest absolute Gasteiger partial charge is 0.463 e. The molecule has 0 radical (unpaired) electrons. The van der Waals surface area contributed by atoms with Crippen molar-refractivity contribution in [3.63, 3.8) is 0 Å². The molecule has 1 aromatic carbocycles. The first kappa shape index (κ1) is 10.6. The van der Waals surface area contributed by atoms with Gasteiger partial charge in [-0.2, -0.15) is 0 Å². The Labute approximate surface area is 101 Å². The van der Waals surface area contributed by atoms with Gasteiger partial charge in [-0.25, -0.2) is 4.39 Å². The maximum atomic E-state index is 13.4. The summed E-state index contributed by atoms with van der Waals surface area (Å²) >= 11 is 0. The Hall–Kier alpha value is -2.56. The molecule has 2 heterocycles. The van der Waals surface area contributed by atoms with E-state index in [0.29, 0.717) is 11.3 Å². The zero-order valence-corrected chi connectivity index (χ0v) is 9.24. The number of fused-ring (bicyclic) bond motifs is 1. The second-order valence-electron chi connectivity index (χ2n) is 3.82. The highest BCUT2D eigenvalue weighted by Crippen LogP contribution is 2.18. The van der Waals surface area contributed by atoms with E-state index in [1.165, 1.54) is 18.4 Å². The molecule has 0 fully saturated rings. The smallest absolute Gasteiger partial charge is 0.272 e. The minimum Gasteiger partial charge on any atom is -0.463 e. The van der Waals surface area contributed by atoms with Crippen LogP contribution in [0.15, 0.2) is 47.1 Å². The van der Waals surface area contributed by atoms with Gasteiger partial charge in [-0.05, 0) is 12.1 Å². The van der Waals surface area contributed by atoms with Crippen molar-refractivity contribution < 1.29 is 13.6 Å². The van der Waals surface area contributed by atoms with Crippen LogP contribution in [0.3, 0.4) is 0 Å². The van der Waals surface area contributed by atoms with Crippen LogP contribution in [0.1, 0.15) is 10.5 Å². The van der Waals surface area contributed by atoms with E-state index in [2.05, 4.69) is 10.3 Å². The number of rotatable bonds is 2. The fourth-order valence-electron chi connectivity index (χ4n) is 1.72. The van der Waals surface area contributed by atoms with Crippen LogP contribution in [0, 0.1) is 5.82 Å². The molecule has 3 rings (SSSR count). The highest BCUT2D eigenvalue weighted by atomic mass is 19.1. The van der Waals surface area contributed by atoms with Crippen LogP contribution in [0.5, 0.6) is 0 Å². The van der Waals surface area contributed by atoms with Gasteiger partial charge in [0.1, 0.15) is 11.5 Å². The summed E-state index contributed by atoms with van der Waals surface area (Å²) in [4.78, 5) is 14.8. The first-order valence-corrected chi connectivity index (χ1v) is 5.36. The lowest BCUT2D eigenvalue weighted by Crippen LogP contribution is -2.13. The van der Waals surface area contributed by atoms with Crippen molar-refractivity contribution in [2.75, 3.05) is 5.32 Å². The number of para-hydroxylation sites is 1. The van der Waals surface area contributed by atoms with Gasteiger partial charge in [0, 0.05) is 12.1 Å². The van der Waals surface area contributed by atoms with Crippen LogP contribution in [0.25, 0.3) is 11.1 Å². The Morgan fingerprint density at radius 3 is 2.89 bits per heavy atom. The standard InChI is InChI=1S/C13H9FN2O2/c14-8-3-1-2-4-9(8)16-13(17)11-7-12-10(15-11)5-6-18-12/h1-7,15H,(H,16,17). The van der Waals surface area contributed by atoms with E-state index >= 15 is 0 Å². The van der Waals surface area contributed by atoms with Crippen molar-refractivity contribution in [3.05, 3.63) is 54.2 Å². The SMILES string of the molecule is O=C(Nc1ccccc1F)c1cc2occc2[nH]1. The number of carbonyl (C=O) groups is 1. The topological polar surface area (TPSA) is 58.0 Å². The van der Waals surface area contributed by atoms with E-state index in [0.717, 1.165) is 5.52 Å². The number of H-pyrrole nitrogens is 1. The second-order valence-corrected chi connectivity index (χ2v) is 3.82. The Kier molecular flexibility index (Phi) is 2.37. The Balaban J connectivity index is 1.87. The summed E-state index contributed by atoms with van der Waals surface area (Å²) in [6.45, 7) is 0. The van der Waals surface area contributed by atoms with Crippen LogP contribution in [0.4, 0.5) is 10.1 Å². The Morgan fingerprint density at radius 2 is 2.11 bits per heavy atom. The fourth-order valence-corrected chi connectivity index (χ4v) is 1.72. The average Bonchev–Trinajstić information content (AvgIpc) is 2.92. The van der Waals surface area contributed by atoms with Crippen LogP contribution in [-0.4, -0.2) is 10.9 Å². The van der Waals surface area contributed by atoms with Crippen molar-refractivity contribution in [2.24, 2.45) is 0 Å². The van der Waals surface area contributed by atoms with Gasteiger partial charge in [-0.15, -0.1) is 0 Å². The summed E-state index contributed by atoms with van der Waals surface area (Å²) in [5.41, 5.74) is 1.80. The molecule has 0 aliphatic heterocycles. The zero-order chi connectivity index (χ0) is 12.5. The lowest BCUT2D eigenvalue weighted by atomic mass is 10.3. The second kappa shape index (κ2) is 4.03. The number of halogens is 1. The molecule has 0 bridgehead atoms. The summed E-state index contributed by atoms with van der Waals surface area (Å²) in [5, 5.41) is 2.49. The monoisotopic (exact) mass is 244 g/mol. The molecule has 90 valence electrons. The molecule has 4 nitrogen and oxygen atoms in total. The van der Waals surface area contributed by atoms with E-state index in [-0.39, 0.29) is 5.69 Å². The Bertz CT molecular complexity index is 686. The molecule has 2 N–H and O–H groups in total. The lowest BCUT2D eigenvalue weighted by Gasteiger charge is -2.04. The summed E-state index contributed by atoms with van der Waals surface area (Å²) in [7, 11) is 0. The Morgan fingerprint density at radius 1 is 1.28 bits per heavy atom. The molecule has 5 heteroatoms. The fraction of sp³-hybridized carbons (Fsp3) is 0. The molecular weight excluding hydrogens is 235 g/mol. The number of benzene rings is 1. The number of nitrogens with one attached hydrogen (secondary N) is 2. The molecule has 18 heavy (non-hydrogen) atoms. The maximum absolute atomic E-state index is 13.4. The quantitative estimate of drug-likeness (QED) is 0.727. The van der Waals surface area contributed by atoms with Crippen LogP contribution in [-0.2, 0) is 0 Å². The highest BCUT2D eigenvalue weighted by molar-refractivity contribution is 6.05. The predicted molar refractivity (Wildman–Crippen MR) is 64.9 cm³/mol. The van der Waals surface area contributed by atoms with Gasteiger partial charge in [0.2, 0.25) is 0 Å². The van der Waals surface area contributed by atoms with Gasteiger partial charge in [-0.1, -0.05) is 12.1 Å². The molecular formula is C13H9FN2O2. The first-order chi connectivity index (χ1) is 8.74. The number of hydrogen-bond donors (Lipinski definition) is 2. The molecule has 0 saturated heterocycles. The number of anilines is 1. The molecule has 0 spiro atoms. The number of carbonyl (C=O) groups excluding carboxylic acids is 1. The minimum atomic E-state index is -0.471. The van der Waals surface area contributed by atoms with Gasteiger partial charge >= 0.3 is 0 Å². The number of hydrogen-bond acceptors (Lipinski definition) is 2. The van der Waals surface area contributed by atoms with Gasteiger partial charge in [0.05, 0.1) is 17.5 Å². The molecule has 3 aromatic rings. The number of aromatic amines is 1. The average molecular weight is 244 g/mol. The molecule has 1 amide bonds. The third-order valence-corrected chi connectivity index (χ3v) is 2.61. The summed E-state index contributed by atoms with van der Waals surface area (Å²) in [6.07, 6.45) is 1.53. The van der Waals surface area contributed by atoms with Crippen molar-refractivity contribution in [3.8, 4) is 0 Å². The van der Waals surface area contributed by atoms with Gasteiger partial charge in [0.15, 0.2) is 5.58 Å². The highest BCUT2D eigenvalue weighted by Gasteiger charge is 2.12. The lowest BCUT2D eigenvalue weighted by molar-refractivity contribution is 0.102. The van der Waals surface area contributed by atoms with E-state index in [1.807, 2.05) is 0 Å². The maximum Gasteiger partial charge on any atom is 0.272 e. The number of furan rings is 1. The summed E-state index contributed by atoms with van der Waals surface area (Å²) in [5.74, 6) is -0.882. The van der Waals surface area contributed by atoms with Crippen LogP contribution >= 0.6 is 0 Å². The molecule has 0 atom stereocenters. The normalized spacial score (nSPS) is 10.7. The van der Waals surface area contributed by atoms with E-state index in [1.54, 1.807) is 24.3 Å². The molecule has 0 aliphatic rings. The van der Waals surface area contributed by atoms with E-state index < -0.39 is 11.7 Å². The predicted octanol–water partition coefficient (Wildman–Crippen LogP) is 3.15. The minimum absolute atomic E-state index is 0.147. The van der Waals surface area contributed by atoms with Crippen molar-refractivity contribution in [1.29, 1.82) is 0 Å². The van der Waals surface area contributed by atoms with Gasteiger partial charge in [0.25, 0.3) is 5.91 Å². The third-order valence-electron chi connectivity index (χ3n) is 2.61. The third kappa shape index (κ3) is 1.75. The molecule has 2 aromatic heterocycles. The first-order valence-electron chi connectivity index (χ1n) is 5.36. The molecule has 0 saturated carbocycles. The number of aromatic nitrogens is 1. The van der Waals surface area contributed by atoms with Crippen LogP contribution < -0.4 is 5.32 Å². The van der Waals surface area contributed by atoms with E-state index in [4.69, 9.17) is 4.42 Å². The van der Waals surface area contributed by atoms with Crippen molar-refractivity contribution >= 4 is 22.7 Å². The van der Waals surface area contributed by atoms with Crippen molar-refractivity contribution in [2.45, 2.75) is 0 Å². The zero-order valence-electron chi connectivity index (χ0n) is 9.24. The van der Waals surface area contributed by atoms with E-state index in [9.17, 15) is 9.18 Å². The summed E-state index contributed by atoms with van der Waals surface area (Å²) < 4.78 is 18.5. The molecule has 0 unspecified atom stereocenters. The molecule has 0 aliphatic carbocycles.